The predicted octanol–water partition coefficient (Wildman–Crippen LogP) is 3.90. The van der Waals surface area contributed by atoms with Gasteiger partial charge in [0.15, 0.2) is 0 Å². The maximum Gasteiger partial charge on any atom is 0.224 e. The first kappa shape index (κ1) is 38.7. The molecule has 2 aliphatic carbocycles. The van der Waals surface area contributed by atoms with Gasteiger partial charge in [-0.25, -0.2) is 0 Å². The molecule has 0 spiro atoms. The van der Waals surface area contributed by atoms with Crippen LogP contribution < -0.4 is 15.4 Å². The Kier molecular flexibility index (Phi) is 12.9. The molecule has 7 atom stereocenters. The molecular formula is C45H53N3O7. The molecule has 0 aromatic heterocycles. The van der Waals surface area contributed by atoms with Crippen molar-refractivity contribution in [2.75, 3.05) is 39.5 Å². The zero-order chi connectivity index (χ0) is 38.1. The maximum atomic E-state index is 14.3. The zero-order valence-corrected chi connectivity index (χ0v) is 31.3. The minimum Gasteiger partial charge on any atom is -0.492 e. The van der Waals surface area contributed by atoms with Crippen molar-refractivity contribution in [2.45, 2.75) is 74.8 Å². The molecule has 5 N–H and O–H groups in total. The first-order valence-corrected chi connectivity index (χ1v) is 19.7. The first-order valence-electron chi connectivity index (χ1n) is 19.7. The monoisotopic (exact) mass is 747 g/mol. The van der Waals surface area contributed by atoms with E-state index in [1.807, 2.05) is 103 Å². The Bertz CT molecular complexity index is 1870. The Morgan fingerprint density at radius 3 is 2.16 bits per heavy atom. The molecule has 55 heavy (non-hydrogen) atoms. The lowest BCUT2D eigenvalue weighted by atomic mass is 9.88. The Hall–Kier alpha value is -4.58. The topological polar surface area (TPSA) is 141 Å². The fraction of sp³-hybridized carbons (Fsp3) is 0.422. The second kappa shape index (κ2) is 18.4. The molecule has 10 heteroatoms. The minimum absolute atomic E-state index is 0.0702. The number of rotatable bonds is 16. The molecule has 4 aromatic carbocycles. The Balaban J connectivity index is 1.07. The number of aliphatic hydroxyl groups is 3. The minimum atomic E-state index is -1.08. The van der Waals surface area contributed by atoms with Gasteiger partial charge < -0.3 is 35.4 Å². The fourth-order valence-corrected chi connectivity index (χ4v) is 8.40. The van der Waals surface area contributed by atoms with E-state index in [0.29, 0.717) is 32.3 Å². The molecule has 10 nitrogen and oxygen atoms in total. The van der Waals surface area contributed by atoms with Gasteiger partial charge in [0.1, 0.15) is 12.4 Å². The van der Waals surface area contributed by atoms with E-state index in [9.17, 15) is 24.9 Å². The highest BCUT2D eigenvalue weighted by Crippen LogP contribution is 2.36. The molecule has 5 unspecified atom stereocenters. The number of benzene rings is 4. The van der Waals surface area contributed by atoms with Crippen LogP contribution in [0.2, 0.25) is 0 Å². The quantitative estimate of drug-likeness (QED) is 0.116. The van der Waals surface area contributed by atoms with Gasteiger partial charge in [-0.1, -0.05) is 91.0 Å². The highest BCUT2D eigenvalue weighted by Gasteiger charge is 2.36. The number of hydrogen-bond donors (Lipinski definition) is 5. The van der Waals surface area contributed by atoms with Crippen molar-refractivity contribution in [3.05, 3.63) is 137 Å². The molecule has 1 heterocycles. The first-order chi connectivity index (χ1) is 26.8. The molecule has 1 saturated heterocycles. The highest BCUT2D eigenvalue weighted by atomic mass is 16.5. The molecule has 0 saturated carbocycles. The average molecular weight is 748 g/mol. The van der Waals surface area contributed by atoms with Gasteiger partial charge >= 0.3 is 0 Å². The van der Waals surface area contributed by atoms with Gasteiger partial charge in [-0.05, 0) is 71.2 Å². The normalized spacial score (nSPS) is 22.2. The number of nitrogens with one attached hydrogen (secondary N) is 2. The van der Waals surface area contributed by atoms with Crippen molar-refractivity contribution in [3.8, 4) is 5.75 Å². The lowest BCUT2D eigenvalue weighted by Gasteiger charge is -2.29. The number of morpholine rings is 1. The van der Waals surface area contributed by atoms with Gasteiger partial charge in [0.2, 0.25) is 11.8 Å². The van der Waals surface area contributed by atoms with Gasteiger partial charge in [-0.2, -0.15) is 0 Å². The lowest BCUT2D eigenvalue weighted by molar-refractivity contribution is -0.128. The molecule has 1 aliphatic heterocycles. The number of ether oxygens (including phenoxy) is 2. The zero-order valence-electron chi connectivity index (χ0n) is 31.3. The smallest absolute Gasteiger partial charge is 0.224 e. The third-order valence-corrected chi connectivity index (χ3v) is 11.4. The van der Waals surface area contributed by atoms with Crippen LogP contribution in [-0.4, -0.2) is 95.8 Å². The molecule has 0 radical (unpaired) electrons. The van der Waals surface area contributed by atoms with Gasteiger partial charge in [0.05, 0.1) is 43.6 Å². The number of hydrogen-bond acceptors (Lipinski definition) is 8. The van der Waals surface area contributed by atoms with Crippen molar-refractivity contribution in [3.63, 3.8) is 0 Å². The van der Waals surface area contributed by atoms with E-state index in [-0.39, 0.29) is 30.6 Å². The van der Waals surface area contributed by atoms with Crippen LogP contribution in [0.15, 0.2) is 103 Å². The number of carbonyl (C=O) groups is 2. The van der Waals surface area contributed by atoms with Gasteiger partial charge in [0.25, 0.3) is 0 Å². The predicted molar refractivity (Wildman–Crippen MR) is 210 cm³/mol. The lowest BCUT2D eigenvalue weighted by Crippen LogP contribution is -2.48. The van der Waals surface area contributed by atoms with Crippen LogP contribution in [0.4, 0.5) is 0 Å². The molecule has 3 aliphatic rings. The summed E-state index contributed by atoms with van der Waals surface area (Å²) in [6.45, 7) is 4.65. The second-order valence-corrected chi connectivity index (χ2v) is 15.3. The summed E-state index contributed by atoms with van der Waals surface area (Å²) in [7, 11) is 0. The highest BCUT2D eigenvalue weighted by molar-refractivity contribution is 5.80. The molecule has 4 aromatic rings. The molecule has 7 rings (SSSR count). The summed E-state index contributed by atoms with van der Waals surface area (Å²) < 4.78 is 11.5. The van der Waals surface area contributed by atoms with E-state index in [0.717, 1.165) is 72.0 Å². The maximum absolute atomic E-state index is 14.3. The largest absolute Gasteiger partial charge is 0.492 e. The average Bonchev–Trinajstić information content (AvgIpc) is 3.69. The van der Waals surface area contributed by atoms with Crippen molar-refractivity contribution in [1.29, 1.82) is 0 Å². The van der Waals surface area contributed by atoms with E-state index < -0.39 is 36.3 Å². The summed E-state index contributed by atoms with van der Waals surface area (Å²) in [5.74, 6) is -0.819. The molecule has 2 amide bonds. The number of fused-ring (bicyclic) bond motifs is 2. The Labute approximate surface area is 323 Å². The standard InChI is InChI=1S/C45H53N3O7/c49-40-26-32-10-4-6-12-36(32)38(40)29-43(52)46-39(25-30-8-2-1-3-9-30)41(50)28-34(45(53)47-44-37-13-7-5-11-33(37)27-42(44)51)24-31-14-16-35(17-15-31)55-23-20-48-18-21-54-22-19-48/h1-17,34,38-42,44,49-51H,18-29H2,(H,46,52)(H,47,53)/t34?,38?,39?,40?,41?,42-,44-/m0/s1. The molecule has 290 valence electrons. The van der Waals surface area contributed by atoms with E-state index in [1.165, 1.54) is 0 Å². The second-order valence-electron chi connectivity index (χ2n) is 15.3. The van der Waals surface area contributed by atoms with E-state index in [1.54, 1.807) is 0 Å². The summed E-state index contributed by atoms with van der Waals surface area (Å²) in [6, 6.07) is 31.7. The summed E-state index contributed by atoms with van der Waals surface area (Å²) >= 11 is 0. The van der Waals surface area contributed by atoms with Gasteiger partial charge in [-0.3, -0.25) is 14.5 Å². The van der Waals surface area contributed by atoms with Crippen molar-refractivity contribution < 1.29 is 34.4 Å². The van der Waals surface area contributed by atoms with Crippen LogP contribution in [0, 0.1) is 5.92 Å². The summed E-state index contributed by atoms with van der Waals surface area (Å²) in [6.07, 6.45) is -0.705. The van der Waals surface area contributed by atoms with Crippen molar-refractivity contribution in [1.82, 2.24) is 15.5 Å². The van der Waals surface area contributed by atoms with Crippen LogP contribution in [-0.2, 0) is 40.0 Å². The summed E-state index contributed by atoms with van der Waals surface area (Å²) in [5, 5.41) is 40.1. The fourth-order valence-electron chi connectivity index (χ4n) is 8.40. The van der Waals surface area contributed by atoms with Crippen LogP contribution in [0.1, 0.15) is 58.2 Å². The molecule has 1 fully saturated rings. The van der Waals surface area contributed by atoms with E-state index >= 15 is 0 Å². The van der Waals surface area contributed by atoms with Crippen LogP contribution >= 0.6 is 0 Å². The third kappa shape index (κ3) is 10.00. The third-order valence-electron chi connectivity index (χ3n) is 11.4. The number of aliphatic hydroxyl groups excluding tert-OH is 3. The van der Waals surface area contributed by atoms with Gasteiger partial charge in [0, 0.05) is 44.3 Å². The van der Waals surface area contributed by atoms with Crippen molar-refractivity contribution in [2.24, 2.45) is 5.92 Å². The van der Waals surface area contributed by atoms with Crippen LogP contribution in [0.25, 0.3) is 0 Å². The number of amides is 2. The molecule has 0 bridgehead atoms. The van der Waals surface area contributed by atoms with Crippen molar-refractivity contribution >= 4 is 11.8 Å². The number of nitrogens with zero attached hydrogens (tertiary/aromatic N) is 1. The van der Waals surface area contributed by atoms with Crippen LogP contribution in [0.3, 0.4) is 0 Å². The molecular weight excluding hydrogens is 695 g/mol. The Morgan fingerprint density at radius 1 is 0.782 bits per heavy atom. The van der Waals surface area contributed by atoms with Gasteiger partial charge in [-0.15, -0.1) is 0 Å². The van der Waals surface area contributed by atoms with E-state index in [4.69, 9.17) is 9.47 Å². The van der Waals surface area contributed by atoms with E-state index in [2.05, 4.69) is 15.5 Å². The summed E-state index contributed by atoms with van der Waals surface area (Å²) in [5.41, 5.74) is 5.76. The number of carbonyl (C=O) groups excluding carboxylic acids is 2. The summed E-state index contributed by atoms with van der Waals surface area (Å²) in [4.78, 5) is 30.3. The van der Waals surface area contributed by atoms with Crippen LogP contribution in [0.5, 0.6) is 5.75 Å². The SMILES string of the molecule is O=C(CC1c2ccccc2CC1O)NC(Cc1ccccc1)C(O)CC(Cc1ccc(OCCN2CCOCC2)cc1)C(=O)N[C@H]1c2ccccc2C[C@@H]1O. The Morgan fingerprint density at radius 2 is 1.42 bits per heavy atom.